The van der Waals surface area contributed by atoms with E-state index in [4.69, 9.17) is 16.0 Å². The van der Waals surface area contributed by atoms with Crippen LogP contribution in [0.15, 0.2) is 18.3 Å². The van der Waals surface area contributed by atoms with Crippen molar-refractivity contribution in [3.8, 4) is 0 Å². The zero-order valence-corrected chi connectivity index (χ0v) is 12.2. The molecule has 4 heteroatoms. The van der Waals surface area contributed by atoms with Crippen LogP contribution in [-0.4, -0.2) is 14.7 Å². The first-order chi connectivity index (χ1) is 7.21. The molecular weight excluding hydrogens is 238 g/mol. The Labute approximate surface area is 105 Å². The molecule has 0 amide bonds. The highest BCUT2D eigenvalue weighted by molar-refractivity contribution is 6.31. The molecule has 1 rings (SSSR count). The third-order valence-electron chi connectivity index (χ3n) is 2.03. The van der Waals surface area contributed by atoms with Crippen LogP contribution in [-0.2, 0) is 10.0 Å². The van der Waals surface area contributed by atoms with Crippen molar-refractivity contribution in [1.82, 2.24) is 4.98 Å². The van der Waals surface area contributed by atoms with Crippen molar-refractivity contribution in [2.75, 3.05) is 0 Å². The lowest BCUT2D eigenvalue weighted by Gasteiger charge is -2.29. The van der Waals surface area contributed by atoms with E-state index in [2.05, 4.69) is 39.6 Å². The molecule has 0 saturated carbocycles. The van der Waals surface area contributed by atoms with Crippen LogP contribution in [0.3, 0.4) is 0 Å². The van der Waals surface area contributed by atoms with Crippen LogP contribution in [0.2, 0.25) is 10.2 Å². The number of aromatic nitrogens is 1. The predicted octanol–water partition coefficient (Wildman–Crippen LogP) is 3.82. The summed E-state index contributed by atoms with van der Waals surface area (Å²) in [7, 11) is 0.455. The lowest BCUT2D eigenvalue weighted by atomic mass is 10.0. The van der Waals surface area contributed by atoms with E-state index in [1.165, 1.54) is 0 Å². The summed E-state index contributed by atoms with van der Waals surface area (Å²) in [5.74, 6) is 0. The van der Waals surface area contributed by atoms with Crippen LogP contribution >= 0.6 is 11.6 Å². The summed E-state index contributed by atoms with van der Waals surface area (Å²) < 4.78 is 5.96. The smallest absolute Gasteiger partial charge is 0.236 e. The second-order valence-electron chi connectivity index (χ2n) is 5.33. The Balaban J connectivity index is 2.73. The Morgan fingerprint density at radius 2 is 1.81 bits per heavy atom. The van der Waals surface area contributed by atoms with Gasteiger partial charge in [-0.1, -0.05) is 38.4 Å². The first kappa shape index (κ1) is 13.7. The third-order valence-corrected chi connectivity index (χ3v) is 3.48. The van der Waals surface area contributed by atoms with Crippen molar-refractivity contribution < 1.29 is 4.43 Å². The standard InChI is InChI=1S/C12H18ClNOSi/c1-11(2,3)16-15-12(4,5)9-6-7-10(13)14-8-9/h6-8H,1-5H3. The van der Waals surface area contributed by atoms with Crippen molar-refractivity contribution in [1.29, 1.82) is 0 Å². The monoisotopic (exact) mass is 255 g/mol. The van der Waals surface area contributed by atoms with E-state index >= 15 is 0 Å². The van der Waals surface area contributed by atoms with Crippen molar-refractivity contribution >= 4 is 21.4 Å². The number of halogens is 1. The van der Waals surface area contributed by atoms with Gasteiger partial charge in [0.1, 0.15) is 5.15 Å². The maximum Gasteiger partial charge on any atom is 0.236 e. The normalized spacial score (nSPS) is 12.9. The Kier molecular flexibility index (Phi) is 4.15. The maximum atomic E-state index is 5.96. The van der Waals surface area contributed by atoms with Gasteiger partial charge in [-0.3, -0.25) is 0 Å². The molecular formula is C12H18ClNOSi. The van der Waals surface area contributed by atoms with E-state index in [0.717, 1.165) is 5.56 Å². The molecule has 0 aromatic carbocycles. The van der Waals surface area contributed by atoms with E-state index < -0.39 is 0 Å². The number of pyridine rings is 1. The summed E-state index contributed by atoms with van der Waals surface area (Å²) in [5.41, 5.74) is 0.734. The predicted molar refractivity (Wildman–Crippen MR) is 68.8 cm³/mol. The molecule has 1 heterocycles. The highest BCUT2D eigenvalue weighted by Crippen LogP contribution is 2.29. The summed E-state index contributed by atoms with van der Waals surface area (Å²) >= 11 is 5.76. The van der Waals surface area contributed by atoms with Crippen molar-refractivity contribution in [2.45, 2.75) is 45.3 Å². The summed E-state index contributed by atoms with van der Waals surface area (Å²) in [6.45, 7) is 10.6. The molecule has 0 unspecified atom stereocenters. The van der Waals surface area contributed by atoms with Crippen molar-refractivity contribution in [2.24, 2.45) is 0 Å². The maximum absolute atomic E-state index is 5.96. The molecule has 1 aromatic heterocycles. The molecule has 0 atom stereocenters. The Morgan fingerprint density at radius 1 is 1.19 bits per heavy atom. The summed E-state index contributed by atoms with van der Waals surface area (Å²) in [6.07, 6.45) is 1.77. The molecule has 2 nitrogen and oxygen atoms in total. The highest BCUT2D eigenvalue weighted by atomic mass is 35.5. The molecule has 16 heavy (non-hydrogen) atoms. The summed E-state index contributed by atoms with van der Waals surface area (Å²) in [4.78, 5) is 4.08. The second-order valence-corrected chi connectivity index (χ2v) is 7.63. The van der Waals surface area contributed by atoms with E-state index in [-0.39, 0.29) is 10.6 Å². The number of nitrogens with zero attached hydrogens (tertiary/aromatic N) is 1. The Hall–Kier alpha value is -0.383. The van der Waals surface area contributed by atoms with Gasteiger partial charge in [-0.2, -0.15) is 0 Å². The zero-order chi connectivity index (χ0) is 12.4. The zero-order valence-electron chi connectivity index (χ0n) is 10.5. The van der Waals surface area contributed by atoms with Gasteiger partial charge in [0.05, 0.1) is 5.60 Å². The summed E-state index contributed by atoms with van der Waals surface area (Å²) in [5, 5.41) is 0.703. The molecule has 0 saturated heterocycles. The average Bonchev–Trinajstić information content (AvgIpc) is 2.15. The van der Waals surface area contributed by atoms with Crippen LogP contribution in [0.1, 0.15) is 40.2 Å². The molecule has 0 aliphatic carbocycles. The van der Waals surface area contributed by atoms with Crippen LogP contribution in [0.4, 0.5) is 0 Å². The number of rotatable bonds is 3. The molecule has 0 bridgehead atoms. The fourth-order valence-corrected chi connectivity index (χ4v) is 1.86. The van der Waals surface area contributed by atoms with Gasteiger partial charge in [-0.25, -0.2) is 4.98 Å². The van der Waals surface area contributed by atoms with Gasteiger partial charge < -0.3 is 4.43 Å². The second kappa shape index (κ2) is 4.86. The van der Waals surface area contributed by atoms with Gasteiger partial charge in [0.25, 0.3) is 0 Å². The van der Waals surface area contributed by atoms with Gasteiger partial charge in [0, 0.05) is 11.8 Å². The van der Waals surface area contributed by atoms with Crippen LogP contribution in [0, 0.1) is 0 Å². The topological polar surface area (TPSA) is 22.1 Å². The van der Waals surface area contributed by atoms with Crippen LogP contribution in [0.5, 0.6) is 0 Å². The lowest BCUT2D eigenvalue weighted by molar-refractivity contribution is 0.109. The first-order valence-electron chi connectivity index (χ1n) is 5.28. The van der Waals surface area contributed by atoms with Crippen molar-refractivity contribution in [3.05, 3.63) is 29.0 Å². The quantitative estimate of drug-likeness (QED) is 0.605. The molecule has 88 valence electrons. The van der Waals surface area contributed by atoms with Gasteiger partial charge in [0.15, 0.2) is 0 Å². The minimum atomic E-state index is -0.316. The van der Waals surface area contributed by atoms with Gasteiger partial charge in [-0.05, 0) is 25.0 Å². The number of hydrogen-bond donors (Lipinski definition) is 0. The van der Waals surface area contributed by atoms with Gasteiger partial charge in [-0.15, -0.1) is 0 Å². The van der Waals surface area contributed by atoms with E-state index in [1.54, 1.807) is 12.3 Å². The molecule has 0 aliphatic rings. The molecule has 0 aliphatic heterocycles. The van der Waals surface area contributed by atoms with Crippen LogP contribution in [0.25, 0.3) is 0 Å². The highest BCUT2D eigenvalue weighted by Gasteiger charge is 2.25. The molecule has 0 fully saturated rings. The Bertz CT molecular complexity index is 343. The number of hydrogen-bond acceptors (Lipinski definition) is 2. The van der Waals surface area contributed by atoms with E-state index in [1.807, 2.05) is 6.07 Å². The van der Waals surface area contributed by atoms with Crippen molar-refractivity contribution in [3.63, 3.8) is 0 Å². The fraction of sp³-hybridized carbons (Fsp3) is 0.583. The van der Waals surface area contributed by atoms with E-state index in [9.17, 15) is 0 Å². The minimum Gasteiger partial charge on any atom is -0.408 e. The average molecular weight is 256 g/mol. The minimum absolute atomic E-state index is 0.192. The lowest BCUT2D eigenvalue weighted by Crippen LogP contribution is -2.27. The van der Waals surface area contributed by atoms with Crippen LogP contribution < -0.4 is 0 Å². The first-order valence-corrected chi connectivity index (χ1v) is 6.56. The summed E-state index contributed by atoms with van der Waals surface area (Å²) in [6, 6.07) is 3.75. The Morgan fingerprint density at radius 3 is 2.25 bits per heavy atom. The third kappa shape index (κ3) is 4.24. The molecule has 0 N–H and O–H groups in total. The molecule has 0 spiro atoms. The molecule has 1 aromatic rings. The fourth-order valence-electron chi connectivity index (χ4n) is 1.07. The largest absolute Gasteiger partial charge is 0.408 e. The van der Waals surface area contributed by atoms with Gasteiger partial charge in [0.2, 0.25) is 9.76 Å². The van der Waals surface area contributed by atoms with E-state index in [0.29, 0.717) is 14.9 Å². The molecule has 2 radical (unpaired) electrons. The van der Waals surface area contributed by atoms with Gasteiger partial charge >= 0.3 is 0 Å². The SMILES string of the molecule is CC(C)(C)[Si]OC(C)(C)c1ccc(Cl)nc1.